The average molecular weight is 107 g/mol. The van der Waals surface area contributed by atoms with Crippen LogP contribution in [0, 0.1) is 0 Å². The molecule has 0 saturated carbocycles. The fourth-order valence-electron chi connectivity index (χ4n) is 0.334. The Hall–Kier alpha value is -1.21. The van der Waals surface area contributed by atoms with Gasteiger partial charge in [-0.05, 0) is 6.92 Å². The summed E-state index contributed by atoms with van der Waals surface area (Å²) in [5, 5.41) is 0. The molecule has 40 valence electrons. The molecular weight excluding hydrogens is 102 g/mol. The van der Waals surface area contributed by atoms with Crippen molar-refractivity contribution in [3.8, 4) is 0 Å². The van der Waals surface area contributed by atoms with Gasteiger partial charge in [0.05, 0.1) is 0 Å². The first-order valence-corrected chi connectivity index (χ1v) is 2.23. The van der Waals surface area contributed by atoms with Gasteiger partial charge in [0.25, 0.3) is 0 Å². The van der Waals surface area contributed by atoms with Gasteiger partial charge in [0.15, 0.2) is 0 Å². The molecule has 0 radical (unpaired) electrons. The van der Waals surface area contributed by atoms with E-state index in [-0.39, 0.29) is 0 Å². The first kappa shape index (κ1) is 4.94. The summed E-state index contributed by atoms with van der Waals surface area (Å²) in [6.07, 6.45) is 2.85. The lowest BCUT2D eigenvalue weighted by Crippen LogP contribution is -1.66. The van der Waals surface area contributed by atoms with Crippen molar-refractivity contribution in [3.05, 3.63) is 5.70 Å². The van der Waals surface area contributed by atoms with Gasteiger partial charge in [-0.3, -0.25) is 0 Å². The molecule has 3 nitrogen and oxygen atoms in total. The fraction of sp³-hybridized carbons (Fsp3) is 0.200. The van der Waals surface area contributed by atoms with E-state index in [1.54, 1.807) is 0 Å². The van der Waals surface area contributed by atoms with Crippen LogP contribution in [-0.2, 0) is 0 Å². The summed E-state index contributed by atoms with van der Waals surface area (Å²) in [5.74, 6) is 2.64. The highest BCUT2D eigenvalue weighted by atomic mass is 14.9. The van der Waals surface area contributed by atoms with Gasteiger partial charge in [0.2, 0.25) is 0 Å². The van der Waals surface area contributed by atoms with E-state index in [0.29, 0.717) is 0 Å². The van der Waals surface area contributed by atoms with E-state index in [4.69, 9.17) is 0 Å². The van der Waals surface area contributed by atoms with Crippen molar-refractivity contribution in [2.45, 2.75) is 6.92 Å². The minimum Gasteiger partial charge on any atom is -0.232 e. The van der Waals surface area contributed by atoms with Gasteiger partial charge >= 0.3 is 0 Å². The van der Waals surface area contributed by atoms with E-state index in [1.165, 1.54) is 12.7 Å². The minimum atomic E-state index is 0.752. The summed E-state index contributed by atoms with van der Waals surface area (Å²) in [6, 6.07) is 0. The van der Waals surface area contributed by atoms with Crippen LogP contribution in [0.5, 0.6) is 0 Å². The Morgan fingerprint density at radius 1 is 1.50 bits per heavy atom. The Morgan fingerprint density at radius 3 is 3.25 bits per heavy atom. The lowest BCUT2D eigenvalue weighted by Gasteiger charge is -1.74. The van der Waals surface area contributed by atoms with Crippen LogP contribution in [0.3, 0.4) is 0 Å². The van der Waals surface area contributed by atoms with Crippen LogP contribution >= 0.6 is 0 Å². The summed E-state index contributed by atoms with van der Waals surface area (Å²) < 4.78 is 0. The van der Waals surface area contributed by atoms with Crippen molar-refractivity contribution in [2.24, 2.45) is 15.0 Å². The topological polar surface area (TPSA) is 37.1 Å². The van der Waals surface area contributed by atoms with Crippen LogP contribution in [0.2, 0.25) is 0 Å². The normalized spacial score (nSPS) is 15.9. The molecule has 0 atom stereocenters. The second kappa shape index (κ2) is 2.19. The summed E-state index contributed by atoms with van der Waals surface area (Å²) in [6.45, 7) is 1.81. The molecule has 0 saturated heterocycles. The number of allylic oxidation sites excluding steroid dienone is 1. The predicted molar refractivity (Wildman–Crippen MR) is 33.6 cm³/mol. The van der Waals surface area contributed by atoms with Crippen molar-refractivity contribution in [2.75, 3.05) is 0 Å². The monoisotopic (exact) mass is 107 g/mol. The zero-order valence-corrected chi connectivity index (χ0v) is 4.50. The molecule has 1 heterocycles. The molecule has 1 aliphatic rings. The summed E-state index contributed by atoms with van der Waals surface area (Å²) in [4.78, 5) is 11.1. The van der Waals surface area contributed by atoms with Crippen LogP contribution in [0.25, 0.3) is 0 Å². The molecule has 0 amide bonds. The molecular formula is C5H5N3. The maximum atomic E-state index is 3.81. The van der Waals surface area contributed by atoms with E-state index in [1.807, 2.05) is 6.92 Å². The number of aliphatic imine (C=N–C) groups is 3. The maximum Gasteiger partial charge on any atom is 0.127 e. The lowest BCUT2D eigenvalue weighted by atomic mass is 10.6. The van der Waals surface area contributed by atoms with Crippen molar-refractivity contribution in [1.29, 1.82) is 0 Å². The van der Waals surface area contributed by atoms with Crippen LogP contribution < -0.4 is 0 Å². The summed E-state index contributed by atoms with van der Waals surface area (Å²) >= 11 is 0. The first-order valence-electron chi connectivity index (χ1n) is 2.23. The molecule has 0 unspecified atom stereocenters. The molecule has 0 bridgehead atoms. The highest BCUT2D eigenvalue weighted by molar-refractivity contribution is 5.81. The molecule has 1 rings (SSSR count). The third kappa shape index (κ3) is 1.13. The third-order valence-corrected chi connectivity index (χ3v) is 0.669. The number of hydrogen-bond donors (Lipinski definition) is 0. The Kier molecular flexibility index (Phi) is 1.35. The summed E-state index contributed by atoms with van der Waals surface area (Å²) in [5.41, 5.74) is 0.752. The fourth-order valence-corrected chi connectivity index (χ4v) is 0.334. The second-order valence-electron chi connectivity index (χ2n) is 1.34. The van der Waals surface area contributed by atoms with Crippen LogP contribution in [0.4, 0.5) is 0 Å². The van der Waals surface area contributed by atoms with Crippen LogP contribution in [0.1, 0.15) is 6.92 Å². The smallest absolute Gasteiger partial charge is 0.127 e. The van der Waals surface area contributed by atoms with E-state index >= 15 is 0 Å². The Balaban J connectivity index is 2.95. The molecule has 0 aromatic heterocycles. The highest BCUT2D eigenvalue weighted by Crippen LogP contribution is 1.86. The molecule has 3 heteroatoms. The minimum absolute atomic E-state index is 0.752. The van der Waals surface area contributed by atoms with Gasteiger partial charge < -0.3 is 0 Å². The van der Waals surface area contributed by atoms with Gasteiger partial charge in [0, 0.05) is 5.87 Å². The van der Waals surface area contributed by atoms with Gasteiger partial charge in [-0.25, -0.2) is 9.98 Å². The van der Waals surface area contributed by atoms with Gasteiger partial charge in [-0.1, -0.05) is 0 Å². The van der Waals surface area contributed by atoms with E-state index in [0.717, 1.165) is 5.70 Å². The van der Waals surface area contributed by atoms with E-state index in [2.05, 4.69) is 20.8 Å². The number of nitrogens with zero attached hydrogens (tertiary/aromatic N) is 3. The largest absolute Gasteiger partial charge is 0.232 e. The van der Waals surface area contributed by atoms with Crippen molar-refractivity contribution in [1.82, 2.24) is 0 Å². The molecule has 0 aliphatic carbocycles. The Morgan fingerprint density at radius 2 is 2.38 bits per heavy atom. The zero-order valence-electron chi connectivity index (χ0n) is 4.50. The number of rotatable bonds is 0. The van der Waals surface area contributed by atoms with Gasteiger partial charge in [0.1, 0.15) is 18.4 Å². The van der Waals surface area contributed by atoms with E-state index < -0.39 is 0 Å². The molecule has 0 fully saturated rings. The predicted octanol–water partition coefficient (Wildman–Crippen LogP) is 0.630. The highest BCUT2D eigenvalue weighted by Gasteiger charge is 1.78. The van der Waals surface area contributed by atoms with Crippen molar-refractivity contribution < 1.29 is 0 Å². The SMILES string of the molecule is CC1=C=NC=NC=N1. The van der Waals surface area contributed by atoms with Gasteiger partial charge in [-0.15, -0.1) is 0 Å². The van der Waals surface area contributed by atoms with Crippen LogP contribution in [0.15, 0.2) is 20.7 Å². The maximum absolute atomic E-state index is 3.81. The molecule has 1 aliphatic heterocycles. The molecule has 0 aromatic carbocycles. The second-order valence-corrected chi connectivity index (χ2v) is 1.34. The van der Waals surface area contributed by atoms with E-state index in [9.17, 15) is 0 Å². The van der Waals surface area contributed by atoms with Gasteiger partial charge in [-0.2, -0.15) is 4.99 Å². The molecule has 0 spiro atoms. The standard InChI is InChI=1S/C5H5N3/c1-5-2-6-3-7-4-8-5/h3-4H,1H3. The summed E-state index contributed by atoms with van der Waals surface area (Å²) in [7, 11) is 0. The Labute approximate surface area is 47.2 Å². The number of hydrogen-bond acceptors (Lipinski definition) is 3. The quantitative estimate of drug-likeness (QED) is 0.435. The van der Waals surface area contributed by atoms with Crippen molar-refractivity contribution in [3.63, 3.8) is 0 Å². The van der Waals surface area contributed by atoms with Crippen LogP contribution in [-0.4, -0.2) is 18.5 Å². The molecule has 0 aromatic rings. The Bertz CT molecular complexity index is 194. The lowest BCUT2D eigenvalue weighted by molar-refractivity contribution is 1.36. The van der Waals surface area contributed by atoms with Crippen molar-refractivity contribution >= 4 is 18.5 Å². The molecule has 8 heavy (non-hydrogen) atoms. The molecule has 0 N–H and O–H groups in total. The third-order valence-electron chi connectivity index (χ3n) is 0.669. The average Bonchev–Trinajstić information content (AvgIpc) is 1.94. The zero-order chi connectivity index (χ0) is 5.82. The first-order chi connectivity index (χ1) is 3.89.